The van der Waals surface area contributed by atoms with Gasteiger partial charge in [0.1, 0.15) is 11.5 Å². The standard InChI is InChI=1S/C25H24N2O5S/c1-14(2)32-24(30)21-15(3)26-25-27(22(21)17-8-10-19(31-4)11-9-17)23(29)20(33-25)13-16-6-5-7-18(28)12-16/h5-14,22,28H,1-4H3/t22-/m0/s1. The molecule has 0 saturated carbocycles. The van der Waals surface area contributed by atoms with Gasteiger partial charge in [0.15, 0.2) is 4.80 Å². The Kier molecular flexibility index (Phi) is 6.20. The maximum Gasteiger partial charge on any atom is 0.338 e. The highest BCUT2D eigenvalue weighted by molar-refractivity contribution is 7.07. The van der Waals surface area contributed by atoms with Crippen LogP contribution in [0.25, 0.3) is 6.08 Å². The summed E-state index contributed by atoms with van der Waals surface area (Å²) in [6.45, 7) is 5.31. The van der Waals surface area contributed by atoms with Crippen LogP contribution >= 0.6 is 11.3 Å². The highest BCUT2D eigenvalue weighted by atomic mass is 32.1. The Bertz CT molecular complexity index is 1410. The molecule has 0 unspecified atom stereocenters. The first-order valence-electron chi connectivity index (χ1n) is 10.4. The van der Waals surface area contributed by atoms with Crippen LogP contribution in [0.4, 0.5) is 0 Å². The van der Waals surface area contributed by atoms with Crippen LogP contribution in [0.15, 0.2) is 69.6 Å². The molecule has 2 heterocycles. The number of nitrogens with zero attached hydrogens (tertiary/aromatic N) is 2. The smallest absolute Gasteiger partial charge is 0.338 e. The minimum Gasteiger partial charge on any atom is -0.508 e. The SMILES string of the molecule is COc1ccc([C@H]2C(C(=O)OC(C)C)=C(C)N=c3sc(=Cc4cccc(O)c4)c(=O)n32)cc1. The molecule has 8 heteroatoms. The fraction of sp³-hybridized carbons (Fsp3) is 0.240. The number of phenolic OH excluding ortho intramolecular Hbond substituents is 1. The van der Waals surface area contributed by atoms with Crippen molar-refractivity contribution in [2.45, 2.75) is 32.9 Å². The number of benzene rings is 2. The molecular weight excluding hydrogens is 440 g/mol. The van der Waals surface area contributed by atoms with E-state index in [-0.39, 0.29) is 17.4 Å². The van der Waals surface area contributed by atoms with Gasteiger partial charge in [0, 0.05) is 0 Å². The molecule has 170 valence electrons. The van der Waals surface area contributed by atoms with E-state index in [9.17, 15) is 14.7 Å². The Morgan fingerprint density at radius 1 is 1.21 bits per heavy atom. The topological polar surface area (TPSA) is 90.1 Å². The molecular formula is C25H24N2O5S. The maximum atomic E-state index is 13.5. The van der Waals surface area contributed by atoms with Gasteiger partial charge >= 0.3 is 5.97 Å². The monoisotopic (exact) mass is 464 g/mol. The van der Waals surface area contributed by atoms with Crippen molar-refractivity contribution in [2.24, 2.45) is 4.99 Å². The summed E-state index contributed by atoms with van der Waals surface area (Å²) in [5.41, 5.74) is 1.99. The Hall–Kier alpha value is -3.65. The molecule has 3 aromatic rings. The number of rotatable bonds is 5. The average molecular weight is 465 g/mol. The van der Waals surface area contributed by atoms with E-state index in [0.29, 0.717) is 31.9 Å². The number of hydrogen-bond donors (Lipinski definition) is 1. The van der Waals surface area contributed by atoms with Gasteiger partial charge < -0.3 is 14.6 Å². The lowest BCUT2D eigenvalue weighted by molar-refractivity contribution is -0.143. The first kappa shape index (κ1) is 22.5. The summed E-state index contributed by atoms with van der Waals surface area (Å²) in [5, 5.41) is 9.77. The largest absolute Gasteiger partial charge is 0.508 e. The number of aromatic hydroxyl groups is 1. The van der Waals surface area contributed by atoms with Gasteiger partial charge in [0.25, 0.3) is 5.56 Å². The van der Waals surface area contributed by atoms with Gasteiger partial charge in [-0.25, -0.2) is 9.79 Å². The van der Waals surface area contributed by atoms with Crippen LogP contribution in [0, 0.1) is 0 Å². The van der Waals surface area contributed by atoms with Gasteiger partial charge in [-0.1, -0.05) is 35.6 Å². The third-order valence-corrected chi connectivity index (χ3v) is 6.17. The number of methoxy groups -OCH3 is 1. The zero-order valence-electron chi connectivity index (χ0n) is 18.7. The second-order valence-electron chi connectivity index (χ2n) is 7.90. The second kappa shape index (κ2) is 9.07. The predicted molar refractivity (Wildman–Crippen MR) is 126 cm³/mol. The fourth-order valence-corrected chi connectivity index (χ4v) is 4.77. The number of esters is 1. The molecule has 0 amide bonds. The van der Waals surface area contributed by atoms with Crippen LogP contribution in [0.3, 0.4) is 0 Å². The molecule has 1 N–H and O–H groups in total. The highest BCUT2D eigenvalue weighted by Gasteiger charge is 2.33. The maximum absolute atomic E-state index is 13.5. The number of fused-ring (bicyclic) bond motifs is 1. The molecule has 0 spiro atoms. The number of aromatic nitrogens is 1. The van der Waals surface area contributed by atoms with E-state index >= 15 is 0 Å². The van der Waals surface area contributed by atoms with E-state index in [0.717, 1.165) is 5.56 Å². The Labute approximate surface area is 194 Å². The number of ether oxygens (including phenoxy) is 2. The van der Waals surface area contributed by atoms with Crippen molar-refractivity contribution < 1.29 is 19.4 Å². The number of carbonyl (C=O) groups excluding carboxylic acids is 1. The molecule has 1 atom stereocenters. The second-order valence-corrected chi connectivity index (χ2v) is 8.91. The molecule has 1 aromatic heterocycles. The average Bonchev–Trinajstić information content (AvgIpc) is 3.07. The van der Waals surface area contributed by atoms with Crippen molar-refractivity contribution in [1.29, 1.82) is 0 Å². The van der Waals surface area contributed by atoms with Crippen molar-refractivity contribution in [3.8, 4) is 11.5 Å². The Morgan fingerprint density at radius 2 is 1.94 bits per heavy atom. The predicted octanol–water partition coefficient (Wildman–Crippen LogP) is 2.90. The molecule has 0 aliphatic carbocycles. The van der Waals surface area contributed by atoms with Crippen LogP contribution in [0.1, 0.15) is 37.9 Å². The number of carbonyl (C=O) groups is 1. The highest BCUT2D eigenvalue weighted by Crippen LogP contribution is 2.31. The fourth-order valence-electron chi connectivity index (χ4n) is 3.73. The normalized spacial score (nSPS) is 15.9. The minimum atomic E-state index is -0.690. The van der Waals surface area contributed by atoms with Crippen LogP contribution in [-0.2, 0) is 9.53 Å². The van der Waals surface area contributed by atoms with Crippen LogP contribution < -0.4 is 19.6 Å². The van der Waals surface area contributed by atoms with Crippen LogP contribution in [-0.4, -0.2) is 28.9 Å². The van der Waals surface area contributed by atoms with E-state index in [1.165, 1.54) is 15.9 Å². The van der Waals surface area contributed by atoms with E-state index in [1.54, 1.807) is 70.4 Å². The third-order valence-electron chi connectivity index (χ3n) is 5.18. The van der Waals surface area contributed by atoms with E-state index in [1.807, 2.05) is 12.1 Å². The van der Waals surface area contributed by atoms with Crippen molar-refractivity contribution in [2.75, 3.05) is 7.11 Å². The van der Waals surface area contributed by atoms with Gasteiger partial charge in [-0.05, 0) is 62.2 Å². The molecule has 33 heavy (non-hydrogen) atoms. The molecule has 7 nitrogen and oxygen atoms in total. The molecule has 0 fully saturated rings. The lowest BCUT2D eigenvalue weighted by Crippen LogP contribution is -2.40. The first-order chi connectivity index (χ1) is 15.8. The van der Waals surface area contributed by atoms with Gasteiger partial charge in [0.2, 0.25) is 0 Å². The van der Waals surface area contributed by atoms with E-state index in [4.69, 9.17) is 9.47 Å². The zero-order valence-corrected chi connectivity index (χ0v) is 19.6. The first-order valence-corrected chi connectivity index (χ1v) is 11.3. The molecule has 1 aliphatic rings. The quantitative estimate of drug-likeness (QED) is 0.587. The van der Waals surface area contributed by atoms with Gasteiger partial charge in [-0.15, -0.1) is 0 Å². The zero-order chi connectivity index (χ0) is 23.7. The molecule has 4 rings (SSSR count). The van der Waals surface area contributed by atoms with Crippen LogP contribution in [0.5, 0.6) is 11.5 Å². The summed E-state index contributed by atoms with van der Waals surface area (Å²) in [7, 11) is 1.58. The van der Waals surface area contributed by atoms with Crippen molar-refractivity contribution in [3.05, 3.63) is 90.6 Å². The van der Waals surface area contributed by atoms with Crippen molar-refractivity contribution in [1.82, 2.24) is 4.57 Å². The molecule has 0 radical (unpaired) electrons. The molecule has 0 bridgehead atoms. The van der Waals surface area contributed by atoms with E-state index < -0.39 is 12.0 Å². The van der Waals surface area contributed by atoms with Crippen molar-refractivity contribution in [3.63, 3.8) is 0 Å². The number of hydrogen-bond acceptors (Lipinski definition) is 7. The van der Waals surface area contributed by atoms with Gasteiger partial charge in [-0.2, -0.15) is 0 Å². The number of thiazole rings is 1. The molecule has 0 saturated heterocycles. The number of allylic oxidation sites excluding steroid dienone is 1. The summed E-state index contributed by atoms with van der Waals surface area (Å²) in [6, 6.07) is 13.2. The van der Waals surface area contributed by atoms with E-state index in [2.05, 4.69) is 4.99 Å². The Balaban J connectivity index is 1.94. The third kappa shape index (κ3) is 4.47. The minimum absolute atomic E-state index is 0.113. The lowest BCUT2D eigenvalue weighted by atomic mass is 9.96. The van der Waals surface area contributed by atoms with Crippen LogP contribution in [0.2, 0.25) is 0 Å². The van der Waals surface area contributed by atoms with Crippen molar-refractivity contribution >= 4 is 23.4 Å². The number of phenols is 1. The lowest BCUT2D eigenvalue weighted by Gasteiger charge is -2.25. The summed E-state index contributed by atoms with van der Waals surface area (Å²) in [4.78, 5) is 31.7. The summed E-state index contributed by atoms with van der Waals surface area (Å²) >= 11 is 1.24. The van der Waals surface area contributed by atoms with Gasteiger partial charge in [0.05, 0.1) is 35.1 Å². The van der Waals surface area contributed by atoms with Gasteiger partial charge in [-0.3, -0.25) is 9.36 Å². The Morgan fingerprint density at radius 3 is 2.58 bits per heavy atom. The summed E-state index contributed by atoms with van der Waals surface area (Å²) in [6.07, 6.45) is 1.39. The summed E-state index contributed by atoms with van der Waals surface area (Å²) < 4.78 is 12.7. The molecule has 2 aromatic carbocycles. The summed E-state index contributed by atoms with van der Waals surface area (Å²) in [5.74, 6) is 0.276. The molecule has 1 aliphatic heterocycles.